The largest absolute Gasteiger partial charge is 0.493 e. The topological polar surface area (TPSA) is 25.3 Å². The van der Waals surface area contributed by atoms with Gasteiger partial charge >= 0.3 is 0 Å². The Morgan fingerprint density at radius 2 is 0.600 bits per heavy atom. The quantitative estimate of drug-likeness (QED) is 0.0884. The van der Waals surface area contributed by atoms with Crippen LogP contribution in [0.1, 0.15) is 215 Å². The standard InChI is InChI=1S/C48H76N2/c1-9-17-25-37-33-41(34-38(26-18-10-2)43(37)29-21-13-5)47-45(31-23-15-7)46(32-24-16-8)48(50(47)49)42-35-39(27-19-11-3)44(30-22-14-6)40(36-42)28-20-12-4/h33-36H,9-32H2,1-8H3. The van der Waals surface area contributed by atoms with E-state index in [-0.39, 0.29) is 0 Å². The minimum Gasteiger partial charge on any atom is -0.493 e. The van der Waals surface area contributed by atoms with Gasteiger partial charge in [0.05, 0.1) is 0 Å². The van der Waals surface area contributed by atoms with E-state index in [1.165, 1.54) is 134 Å². The molecule has 0 saturated heterocycles. The molecule has 2 heteroatoms. The number of aryl methyl sites for hydroxylation is 4. The smallest absolute Gasteiger partial charge is 0.211 e. The lowest BCUT2D eigenvalue weighted by Gasteiger charge is -2.20. The summed E-state index contributed by atoms with van der Waals surface area (Å²) in [6.07, 6.45) is 28.2. The fourth-order valence-electron chi connectivity index (χ4n) is 8.07. The second-order valence-electron chi connectivity index (χ2n) is 15.3. The molecule has 0 radical (unpaired) electrons. The number of allylic oxidation sites excluding steroid dienone is 2. The molecular formula is C48H76N2. The van der Waals surface area contributed by atoms with Crippen LogP contribution in [0, 0.1) is 0 Å². The Hall–Kier alpha value is -2.48. The van der Waals surface area contributed by atoms with Gasteiger partial charge in [0.2, 0.25) is 11.4 Å². The highest BCUT2D eigenvalue weighted by Crippen LogP contribution is 2.46. The molecule has 1 aliphatic rings. The van der Waals surface area contributed by atoms with Gasteiger partial charge in [-0.15, -0.1) is 0 Å². The maximum atomic E-state index is 12.7. The zero-order valence-corrected chi connectivity index (χ0v) is 34.2. The van der Waals surface area contributed by atoms with Crippen molar-refractivity contribution in [3.63, 3.8) is 0 Å². The first-order valence-corrected chi connectivity index (χ1v) is 21.7. The van der Waals surface area contributed by atoms with Gasteiger partial charge in [0.25, 0.3) is 0 Å². The van der Waals surface area contributed by atoms with Gasteiger partial charge in [-0.2, -0.15) is 0 Å². The summed E-state index contributed by atoms with van der Waals surface area (Å²) < 4.78 is 1.69. The Bertz CT molecular complexity index is 1240. The third-order valence-corrected chi connectivity index (χ3v) is 11.1. The van der Waals surface area contributed by atoms with Crippen molar-refractivity contribution in [2.45, 2.75) is 209 Å². The molecule has 3 rings (SSSR count). The predicted molar refractivity (Wildman–Crippen MR) is 221 cm³/mol. The fourth-order valence-corrected chi connectivity index (χ4v) is 8.07. The monoisotopic (exact) mass is 681 g/mol. The van der Waals surface area contributed by atoms with Gasteiger partial charge in [-0.1, -0.05) is 107 Å². The van der Waals surface area contributed by atoms with Crippen molar-refractivity contribution < 1.29 is 4.70 Å². The molecule has 0 fully saturated rings. The van der Waals surface area contributed by atoms with Crippen molar-refractivity contribution in [1.82, 2.24) is 0 Å². The maximum absolute atomic E-state index is 12.7. The summed E-state index contributed by atoms with van der Waals surface area (Å²) in [5.74, 6) is 0. The average molecular weight is 681 g/mol. The van der Waals surface area contributed by atoms with Crippen LogP contribution in [0.25, 0.3) is 16.9 Å². The number of rotatable bonds is 26. The first-order valence-electron chi connectivity index (χ1n) is 21.7. The molecule has 0 saturated carbocycles. The number of nitrogens with zero attached hydrogens (tertiary/aromatic N) is 2. The van der Waals surface area contributed by atoms with Crippen LogP contribution in [-0.4, -0.2) is 4.70 Å². The molecule has 0 spiro atoms. The van der Waals surface area contributed by atoms with E-state index in [4.69, 9.17) is 0 Å². The summed E-state index contributed by atoms with van der Waals surface area (Å²) in [7, 11) is 0. The summed E-state index contributed by atoms with van der Waals surface area (Å²) in [6.45, 7) is 18.5. The molecule has 0 amide bonds. The average Bonchev–Trinajstić information content (AvgIpc) is 3.41. The molecular weight excluding hydrogens is 605 g/mol. The highest BCUT2D eigenvalue weighted by molar-refractivity contribution is 5.83. The van der Waals surface area contributed by atoms with Gasteiger partial charge in [0, 0.05) is 22.3 Å². The summed E-state index contributed by atoms with van der Waals surface area (Å²) >= 11 is 0. The van der Waals surface area contributed by atoms with E-state index in [2.05, 4.69) is 79.7 Å². The zero-order valence-electron chi connectivity index (χ0n) is 34.2. The van der Waals surface area contributed by atoms with Crippen molar-refractivity contribution in [2.24, 2.45) is 0 Å². The maximum Gasteiger partial charge on any atom is 0.211 e. The number of hydrogen-bond donors (Lipinski definition) is 0. The second-order valence-corrected chi connectivity index (χ2v) is 15.3. The number of unbranched alkanes of at least 4 members (excludes halogenated alkanes) is 8. The molecule has 0 unspecified atom stereocenters. The lowest BCUT2D eigenvalue weighted by Crippen LogP contribution is -2.09. The molecule has 0 aromatic heterocycles. The van der Waals surface area contributed by atoms with Crippen LogP contribution in [0.2, 0.25) is 0 Å². The minimum absolute atomic E-state index is 1.03. The SMILES string of the molecule is CCCCC1=C(c2cc(CCCC)c(CCCC)c(CCCC)c2)[N+](=[N-])C(c2cc(CCCC)c(CCCC)c(CCCC)c2)=C1CCCC. The highest BCUT2D eigenvalue weighted by Gasteiger charge is 2.36. The molecule has 1 heterocycles. The van der Waals surface area contributed by atoms with E-state index in [1.807, 2.05) is 0 Å². The lowest BCUT2D eigenvalue weighted by atomic mass is 9.86. The van der Waals surface area contributed by atoms with Crippen molar-refractivity contribution in [2.75, 3.05) is 0 Å². The molecule has 278 valence electrons. The van der Waals surface area contributed by atoms with E-state index in [9.17, 15) is 5.53 Å². The van der Waals surface area contributed by atoms with Crippen LogP contribution < -0.4 is 0 Å². The summed E-state index contributed by atoms with van der Waals surface area (Å²) in [4.78, 5) is 0. The van der Waals surface area contributed by atoms with Crippen LogP contribution in [0.4, 0.5) is 0 Å². The van der Waals surface area contributed by atoms with Crippen LogP contribution >= 0.6 is 0 Å². The van der Waals surface area contributed by atoms with Gasteiger partial charge in [-0.05, 0) is 160 Å². The lowest BCUT2D eigenvalue weighted by molar-refractivity contribution is -0.345. The molecule has 0 aliphatic carbocycles. The van der Waals surface area contributed by atoms with E-state index >= 15 is 0 Å². The Morgan fingerprint density at radius 3 is 0.860 bits per heavy atom. The highest BCUT2D eigenvalue weighted by atomic mass is 15.2. The van der Waals surface area contributed by atoms with E-state index in [0.717, 1.165) is 75.6 Å². The van der Waals surface area contributed by atoms with Gasteiger partial charge < -0.3 is 5.53 Å². The summed E-state index contributed by atoms with van der Waals surface area (Å²) in [5, 5.41) is 0. The summed E-state index contributed by atoms with van der Waals surface area (Å²) in [5.41, 5.74) is 29.5. The normalized spacial score (nSPS) is 13.4. The molecule has 0 bridgehead atoms. The minimum atomic E-state index is 1.03. The Labute approximate surface area is 310 Å². The van der Waals surface area contributed by atoms with Crippen molar-refractivity contribution in [3.05, 3.63) is 85.5 Å². The molecule has 0 atom stereocenters. The molecule has 2 aromatic carbocycles. The first kappa shape index (κ1) is 41.9. The van der Waals surface area contributed by atoms with E-state index in [0.29, 0.717) is 0 Å². The molecule has 2 nitrogen and oxygen atoms in total. The van der Waals surface area contributed by atoms with E-state index in [1.54, 1.807) is 15.8 Å². The van der Waals surface area contributed by atoms with Crippen molar-refractivity contribution in [3.8, 4) is 0 Å². The van der Waals surface area contributed by atoms with Crippen molar-refractivity contribution >= 4 is 11.4 Å². The predicted octanol–water partition coefficient (Wildman–Crippen LogP) is 15.3. The van der Waals surface area contributed by atoms with E-state index < -0.39 is 0 Å². The summed E-state index contributed by atoms with van der Waals surface area (Å²) in [6, 6.07) is 10.0. The van der Waals surface area contributed by atoms with Gasteiger partial charge in [-0.3, -0.25) is 0 Å². The Balaban J connectivity index is 2.35. The third-order valence-electron chi connectivity index (χ3n) is 11.1. The molecule has 1 aliphatic heterocycles. The second kappa shape index (κ2) is 23.2. The van der Waals surface area contributed by atoms with Crippen LogP contribution in [-0.2, 0) is 38.5 Å². The third kappa shape index (κ3) is 11.3. The fraction of sp³-hybridized carbons (Fsp3) is 0.667. The van der Waals surface area contributed by atoms with Crippen LogP contribution in [0.3, 0.4) is 0 Å². The van der Waals surface area contributed by atoms with Gasteiger partial charge in [0.1, 0.15) is 0 Å². The van der Waals surface area contributed by atoms with Crippen LogP contribution in [0.15, 0.2) is 35.4 Å². The first-order chi connectivity index (χ1) is 24.4. The molecule has 2 aromatic rings. The van der Waals surface area contributed by atoms with Crippen molar-refractivity contribution in [1.29, 1.82) is 0 Å². The molecule has 0 N–H and O–H groups in total. The number of hydrogen-bond acceptors (Lipinski definition) is 0. The Kier molecular flexibility index (Phi) is 19.4. The molecule has 50 heavy (non-hydrogen) atoms. The Morgan fingerprint density at radius 1 is 0.360 bits per heavy atom. The van der Waals surface area contributed by atoms with Crippen LogP contribution in [0.5, 0.6) is 0 Å². The number of benzene rings is 2. The van der Waals surface area contributed by atoms with Gasteiger partial charge in [0.15, 0.2) is 0 Å². The van der Waals surface area contributed by atoms with Gasteiger partial charge in [-0.25, -0.2) is 4.70 Å². The zero-order chi connectivity index (χ0) is 36.3.